The van der Waals surface area contributed by atoms with Crippen LogP contribution >= 0.6 is 11.8 Å². The monoisotopic (exact) mass is 425 g/mol. The summed E-state index contributed by atoms with van der Waals surface area (Å²) >= 11 is 1.32. The average Bonchev–Trinajstić information content (AvgIpc) is 2.77. The van der Waals surface area contributed by atoms with E-state index in [-0.39, 0.29) is 16.7 Å². The van der Waals surface area contributed by atoms with Crippen LogP contribution in [0.4, 0.5) is 0 Å². The Balaban J connectivity index is 1.74. The molecule has 1 atom stereocenters. The van der Waals surface area contributed by atoms with Crippen molar-refractivity contribution in [1.29, 1.82) is 0 Å². The molecule has 158 valence electrons. The Morgan fingerprint density at radius 3 is 2.63 bits per heavy atom. The molecule has 1 aromatic heterocycles. The Hall–Kier alpha value is -2.80. The van der Waals surface area contributed by atoms with Crippen molar-refractivity contribution in [1.82, 2.24) is 14.9 Å². The number of hydrogen-bond donors (Lipinski definition) is 1. The van der Waals surface area contributed by atoms with Gasteiger partial charge in [0.1, 0.15) is 5.75 Å². The van der Waals surface area contributed by atoms with Crippen LogP contribution in [-0.2, 0) is 17.9 Å². The number of hydrogen-bond acceptors (Lipinski definition) is 5. The molecule has 2 aromatic carbocycles. The van der Waals surface area contributed by atoms with Crippen molar-refractivity contribution >= 4 is 28.6 Å². The van der Waals surface area contributed by atoms with Crippen molar-refractivity contribution in [2.45, 2.75) is 50.2 Å². The smallest absolute Gasteiger partial charge is 0.262 e. The molecule has 3 aromatic rings. The summed E-state index contributed by atoms with van der Waals surface area (Å²) in [5, 5.41) is 3.76. The maximum atomic E-state index is 13.0. The Kier molecular flexibility index (Phi) is 7.52. The summed E-state index contributed by atoms with van der Waals surface area (Å²) < 4.78 is 6.85. The molecule has 3 rings (SSSR count). The zero-order chi connectivity index (χ0) is 21.5. The van der Waals surface area contributed by atoms with E-state index in [2.05, 4.69) is 17.2 Å². The molecule has 0 aliphatic carbocycles. The van der Waals surface area contributed by atoms with Crippen molar-refractivity contribution in [3.63, 3.8) is 0 Å². The molecule has 1 unspecified atom stereocenters. The summed E-state index contributed by atoms with van der Waals surface area (Å²) in [5.74, 6) is 0.682. The van der Waals surface area contributed by atoms with Gasteiger partial charge >= 0.3 is 0 Å². The molecule has 0 radical (unpaired) electrons. The summed E-state index contributed by atoms with van der Waals surface area (Å²) in [6.45, 7) is 4.94. The normalized spacial score (nSPS) is 12.0. The maximum absolute atomic E-state index is 13.0. The minimum Gasteiger partial charge on any atom is -0.497 e. The van der Waals surface area contributed by atoms with E-state index >= 15 is 0 Å². The molecule has 6 nitrogen and oxygen atoms in total. The molecular formula is C23H27N3O3S. The van der Waals surface area contributed by atoms with Crippen LogP contribution < -0.4 is 15.6 Å². The van der Waals surface area contributed by atoms with Gasteiger partial charge in [0.25, 0.3) is 5.56 Å². The van der Waals surface area contributed by atoms with Gasteiger partial charge in [0.15, 0.2) is 5.16 Å². The number of methoxy groups -OCH3 is 1. The van der Waals surface area contributed by atoms with Gasteiger partial charge in [0, 0.05) is 13.1 Å². The zero-order valence-corrected chi connectivity index (χ0v) is 18.4. The van der Waals surface area contributed by atoms with E-state index in [9.17, 15) is 9.59 Å². The molecule has 1 heterocycles. The number of fused-ring (bicyclic) bond motifs is 1. The zero-order valence-electron chi connectivity index (χ0n) is 17.6. The van der Waals surface area contributed by atoms with Crippen LogP contribution in [0, 0.1) is 0 Å². The first-order chi connectivity index (χ1) is 14.5. The molecule has 0 aliphatic rings. The fourth-order valence-electron chi connectivity index (χ4n) is 3.04. The number of thioether (sulfide) groups is 1. The van der Waals surface area contributed by atoms with Crippen LogP contribution in [0.5, 0.6) is 5.75 Å². The Labute approximate surface area is 180 Å². The van der Waals surface area contributed by atoms with Crippen molar-refractivity contribution in [3.05, 3.63) is 64.4 Å². The molecule has 0 saturated heterocycles. The summed E-state index contributed by atoms with van der Waals surface area (Å²) in [4.78, 5) is 30.3. The molecule has 1 amide bonds. The first-order valence-electron chi connectivity index (χ1n) is 10.1. The lowest BCUT2D eigenvalue weighted by atomic mass is 10.2. The van der Waals surface area contributed by atoms with E-state index < -0.39 is 0 Å². The first kappa shape index (κ1) is 21.9. The summed E-state index contributed by atoms with van der Waals surface area (Å²) in [7, 11) is 1.62. The van der Waals surface area contributed by atoms with Gasteiger partial charge in [-0.05, 0) is 43.2 Å². The standard InChI is InChI=1S/C23H27N3O3S/c1-4-5-14-26-22(28)19-8-6-7-9-20(19)25-23(26)30-16(2)21(27)24-15-17-10-12-18(29-3)13-11-17/h6-13,16H,4-5,14-15H2,1-3H3,(H,24,27). The number of amides is 1. The van der Waals surface area contributed by atoms with Gasteiger partial charge in [0.2, 0.25) is 5.91 Å². The lowest BCUT2D eigenvalue weighted by Gasteiger charge is -2.16. The third-order valence-electron chi connectivity index (χ3n) is 4.84. The van der Waals surface area contributed by atoms with Gasteiger partial charge < -0.3 is 10.1 Å². The van der Waals surface area contributed by atoms with Crippen molar-refractivity contribution in [3.8, 4) is 5.75 Å². The number of unbranched alkanes of at least 4 members (excludes halogenated alkanes) is 1. The number of carbonyl (C=O) groups excluding carboxylic acids is 1. The van der Waals surface area contributed by atoms with Crippen LogP contribution in [0.1, 0.15) is 32.3 Å². The molecule has 30 heavy (non-hydrogen) atoms. The SMILES string of the molecule is CCCCn1c(SC(C)C(=O)NCc2ccc(OC)cc2)nc2ccccc2c1=O. The number of rotatable bonds is 9. The van der Waals surface area contributed by atoms with Gasteiger partial charge in [-0.2, -0.15) is 0 Å². The Morgan fingerprint density at radius 2 is 1.93 bits per heavy atom. The van der Waals surface area contributed by atoms with E-state index in [4.69, 9.17) is 4.74 Å². The highest BCUT2D eigenvalue weighted by atomic mass is 32.2. The Morgan fingerprint density at radius 1 is 1.20 bits per heavy atom. The first-order valence-corrected chi connectivity index (χ1v) is 11.0. The molecule has 0 bridgehead atoms. The quantitative estimate of drug-likeness (QED) is 0.414. The molecule has 0 aliphatic heterocycles. The summed E-state index contributed by atoms with van der Waals surface area (Å²) in [5.41, 5.74) is 1.59. The largest absolute Gasteiger partial charge is 0.497 e. The number of carbonyl (C=O) groups is 1. The van der Waals surface area contributed by atoms with Crippen molar-refractivity contribution < 1.29 is 9.53 Å². The number of benzene rings is 2. The van der Waals surface area contributed by atoms with Gasteiger partial charge in [-0.25, -0.2) is 4.98 Å². The summed E-state index contributed by atoms with van der Waals surface area (Å²) in [6, 6.07) is 14.9. The minimum atomic E-state index is -0.385. The van der Waals surface area contributed by atoms with Crippen LogP contribution in [0.3, 0.4) is 0 Å². The molecule has 1 N–H and O–H groups in total. The van der Waals surface area contributed by atoms with Gasteiger partial charge in [-0.3, -0.25) is 14.2 Å². The molecule has 7 heteroatoms. The second-order valence-electron chi connectivity index (χ2n) is 7.05. The highest BCUT2D eigenvalue weighted by molar-refractivity contribution is 8.00. The predicted molar refractivity (Wildman–Crippen MR) is 121 cm³/mol. The number of aromatic nitrogens is 2. The van der Waals surface area contributed by atoms with Crippen LogP contribution in [-0.4, -0.2) is 27.8 Å². The van der Waals surface area contributed by atoms with Gasteiger partial charge in [0.05, 0.1) is 23.3 Å². The molecule has 0 fully saturated rings. The number of para-hydroxylation sites is 1. The lowest BCUT2D eigenvalue weighted by Crippen LogP contribution is -2.31. The second kappa shape index (κ2) is 10.3. The van der Waals surface area contributed by atoms with E-state index in [0.717, 1.165) is 24.2 Å². The van der Waals surface area contributed by atoms with Crippen LogP contribution in [0.15, 0.2) is 58.5 Å². The predicted octanol–water partition coefficient (Wildman–Crippen LogP) is 4.00. The van der Waals surface area contributed by atoms with E-state index in [0.29, 0.717) is 29.1 Å². The molecular weight excluding hydrogens is 398 g/mol. The third kappa shape index (κ3) is 5.21. The topological polar surface area (TPSA) is 73.2 Å². The van der Waals surface area contributed by atoms with E-state index in [1.165, 1.54) is 11.8 Å². The van der Waals surface area contributed by atoms with Crippen LogP contribution in [0.2, 0.25) is 0 Å². The lowest BCUT2D eigenvalue weighted by molar-refractivity contribution is -0.120. The number of nitrogens with zero attached hydrogens (tertiary/aromatic N) is 2. The fourth-order valence-corrected chi connectivity index (χ4v) is 4.00. The average molecular weight is 426 g/mol. The van der Waals surface area contributed by atoms with E-state index in [1.807, 2.05) is 49.4 Å². The molecule has 0 saturated carbocycles. The minimum absolute atomic E-state index is 0.0533. The molecule has 0 spiro atoms. The third-order valence-corrected chi connectivity index (χ3v) is 5.93. The second-order valence-corrected chi connectivity index (χ2v) is 8.36. The van der Waals surface area contributed by atoms with Gasteiger partial charge in [-0.1, -0.05) is 49.4 Å². The number of nitrogens with one attached hydrogen (secondary N) is 1. The van der Waals surface area contributed by atoms with Crippen LogP contribution in [0.25, 0.3) is 10.9 Å². The highest BCUT2D eigenvalue weighted by Crippen LogP contribution is 2.23. The maximum Gasteiger partial charge on any atom is 0.262 e. The summed E-state index contributed by atoms with van der Waals surface area (Å²) in [6.07, 6.45) is 1.85. The number of ether oxygens (including phenoxy) is 1. The van der Waals surface area contributed by atoms with Gasteiger partial charge in [-0.15, -0.1) is 0 Å². The van der Waals surface area contributed by atoms with E-state index in [1.54, 1.807) is 17.7 Å². The van der Waals surface area contributed by atoms with Crippen molar-refractivity contribution in [2.75, 3.05) is 7.11 Å². The Bertz CT molecular complexity index is 1060. The fraction of sp³-hybridized carbons (Fsp3) is 0.348. The highest BCUT2D eigenvalue weighted by Gasteiger charge is 2.19. The van der Waals surface area contributed by atoms with Crippen molar-refractivity contribution in [2.24, 2.45) is 0 Å².